The van der Waals surface area contributed by atoms with E-state index in [9.17, 15) is 0 Å². The van der Waals surface area contributed by atoms with Crippen molar-refractivity contribution >= 4 is 28.3 Å². The molecule has 0 saturated carbocycles. The maximum Gasteiger partial charge on any atom is 0.0377 e. The molecule has 0 aliphatic heterocycles. The van der Waals surface area contributed by atoms with Crippen molar-refractivity contribution in [2.45, 2.75) is 12.8 Å². The average Bonchev–Trinajstić information content (AvgIpc) is 2.30. The molecular weight excluding hydrogens is 311 g/mol. The van der Waals surface area contributed by atoms with Gasteiger partial charge < -0.3 is 5.73 Å². The molecule has 2 rings (SSSR count). The first-order valence-electron chi connectivity index (χ1n) is 5.18. The molecule has 1 heterocycles. The minimum absolute atomic E-state index is 0.834. The molecule has 0 atom stereocenters. The highest BCUT2D eigenvalue weighted by Crippen LogP contribution is 2.13. The highest BCUT2D eigenvalue weighted by Gasteiger charge is 1.99. The molecule has 3 heteroatoms. The van der Waals surface area contributed by atoms with Gasteiger partial charge in [-0.3, -0.25) is 4.98 Å². The molecule has 0 radical (unpaired) electrons. The molecular formula is C13H13IN2. The van der Waals surface area contributed by atoms with Crippen molar-refractivity contribution in [2.75, 3.05) is 5.73 Å². The average molecular weight is 324 g/mol. The Morgan fingerprint density at radius 3 is 2.50 bits per heavy atom. The predicted octanol–water partition coefficient (Wildman–Crippen LogP) is 3.05. The van der Waals surface area contributed by atoms with Crippen LogP contribution in [0.1, 0.15) is 11.1 Å². The third-order valence-electron chi connectivity index (χ3n) is 2.54. The Balaban J connectivity index is 2.02. The molecule has 16 heavy (non-hydrogen) atoms. The second kappa shape index (κ2) is 5.30. The van der Waals surface area contributed by atoms with Crippen molar-refractivity contribution in [3.63, 3.8) is 0 Å². The second-order valence-electron chi connectivity index (χ2n) is 3.70. The summed E-state index contributed by atoms with van der Waals surface area (Å²) in [5.41, 5.74) is 9.16. The number of nitrogens with zero attached hydrogens (tertiary/aromatic N) is 1. The number of nitrogens with two attached hydrogens (primary N) is 1. The fourth-order valence-corrected chi connectivity index (χ4v) is 1.94. The van der Waals surface area contributed by atoms with Crippen molar-refractivity contribution in [3.05, 3.63) is 57.4 Å². The number of anilines is 1. The Hall–Kier alpha value is -1.10. The monoisotopic (exact) mass is 324 g/mol. The van der Waals surface area contributed by atoms with Gasteiger partial charge in [0.1, 0.15) is 0 Å². The van der Waals surface area contributed by atoms with Gasteiger partial charge in [0.25, 0.3) is 0 Å². The van der Waals surface area contributed by atoms with Crippen LogP contribution in [0.25, 0.3) is 0 Å². The van der Waals surface area contributed by atoms with Gasteiger partial charge in [-0.05, 0) is 64.8 Å². The lowest BCUT2D eigenvalue weighted by Gasteiger charge is -2.04. The quantitative estimate of drug-likeness (QED) is 0.882. The Kier molecular flexibility index (Phi) is 3.77. The zero-order chi connectivity index (χ0) is 11.4. The third kappa shape index (κ3) is 2.95. The summed E-state index contributed by atoms with van der Waals surface area (Å²) in [6, 6.07) is 10.4. The summed E-state index contributed by atoms with van der Waals surface area (Å²) in [4.78, 5) is 4.09. The van der Waals surface area contributed by atoms with Crippen LogP contribution in [0.5, 0.6) is 0 Å². The number of hydrogen-bond acceptors (Lipinski definition) is 2. The molecule has 2 nitrogen and oxygen atoms in total. The van der Waals surface area contributed by atoms with Gasteiger partial charge in [0, 0.05) is 21.7 Å². The first-order chi connectivity index (χ1) is 7.75. The van der Waals surface area contributed by atoms with Crippen molar-refractivity contribution in [3.8, 4) is 0 Å². The maximum atomic E-state index is 5.87. The van der Waals surface area contributed by atoms with Crippen LogP contribution >= 0.6 is 22.6 Å². The summed E-state index contributed by atoms with van der Waals surface area (Å²) >= 11 is 2.31. The topological polar surface area (TPSA) is 38.9 Å². The van der Waals surface area contributed by atoms with Gasteiger partial charge in [0.05, 0.1) is 0 Å². The van der Waals surface area contributed by atoms with E-state index in [1.54, 1.807) is 6.20 Å². The van der Waals surface area contributed by atoms with E-state index in [1.165, 1.54) is 9.13 Å². The first kappa shape index (κ1) is 11.4. The van der Waals surface area contributed by atoms with Crippen LogP contribution in [-0.2, 0) is 12.8 Å². The van der Waals surface area contributed by atoms with Gasteiger partial charge in [-0.15, -0.1) is 0 Å². The number of pyridine rings is 1. The molecule has 0 bridgehead atoms. The molecule has 1 aromatic heterocycles. The van der Waals surface area contributed by atoms with E-state index in [2.05, 4.69) is 51.8 Å². The zero-order valence-electron chi connectivity index (χ0n) is 8.86. The smallest absolute Gasteiger partial charge is 0.0377 e. The Labute approximate surface area is 109 Å². The fourth-order valence-electron chi connectivity index (χ4n) is 1.58. The summed E-state index contributed by atoms with van der Waals surface area (Å²) in [5, 5.41) is 0. The maximum absolute atomic E-state index is 5.87. The number of nitrogen functional groups attached to an aromatic ring is 1. The molecule has 0 unspecified atom stereocenters. The lowest BCUT2D eigenvalue weighted by atomic mass is 10.1. The summed E-state index contributed by atoms with van der Waals surface area (Å²) in [5.74, 6) is 0. The minimum atomic E-state index is 0.834. The van der Waals surface area contributed by atoms with E-state index < -0.39 is 0 Å². The number of rotatable bonds is 3. The van der Waals surface area contributed by atoms with Gasteiger partial charge >= 0.3 is 0 Å². The number of hydrogen-bond donors (Lipinski definition) is 1. The highest BCUT2D eigenvalue weighted by atomic mass is 127. The van der Waals surface area contributed by atoms with Crippen LogP contribution in [0, 0.1) is 3.57 Å². The second-order valence-corrected chi connectivity index (χ2v) is 4.95. The summed E-state index contributed by atoms with van der Waals surface area (Å²) < 4.78 is 1.27. The molecule has 82 valence electrons. The lowest BCUT2D eigenvalue weighted by Crippen LogP contribution is -1.97. The van der Waals surface area contributed by atoms with E-state index >= 15 is 0 Å². The third-order valence-corrected chi connectivity index (χ3v) is 3.26. The van der Waals surface area contributed by atoms with E-state index in [4.69, 9.17) is 5.73 Å². The van der Waals surface area contributed by atoms with Crippen LogP contribution in [0.4, 0.5) is 5.69 Å². The predicted molar refractivity (Wildman–Crippen MR) is 75.2 cm³/mol. The number of benzene rings is 1. The highest BCUT2D eigenvalue weighted by molar-refractivity contribution is 14.1. The van der Waals surface area contributed by atoms with Crippen molar-refractivity contribution < 1.29 is 0 Å². The van der Waals surface area contributed by atoms with Gasteiger partial charge in [-0.1, -0.05) is 12.1 Å². The Morgan fingerprint density at radius 2 is 1.81 bits per heavy atom. The normalized spacial score (nSPS) is 10.3. The first-order valence-corrected chi connectivity index (χ1v) is 6.26. The van der Waals surface area contributed by atoms with Gasteiger partial charge in [-0.2, -0.15) is 0 Å². The molecule has 0 aliphatic rings. The standard InChI is InChI=1S/C13H13IN2/c14-12-5-2-10(3-6-12)1-4-11-9-16-8-7-13(11)15/h2-3,5-9H,1,4H2,(H2,15,16). The SMILES string of the molecule is Nc1ccncc1CCc1ccc(I)cc1. The molecule has 2 aromatic rings. The van der Waals surface area contributed by atoms with Crippen LogP contribution < -0.4 is 5.73 Å². The van der Waals surface area contributed by atoms with Gasteiger partial charge in [0.2, 0.25) is 0 Å². The Bertz CT molecular complexity index is 466. The number of aryl methyl sites for hydroxylation is 2. The molecule has 1 aromatic carbocycles. The molecule has 0 saturated heterocycles. The molecule has 0 amide bonds. The van der Waals surface area contributed by atoms with Crippen molar-refractivity contribution in [1.29, 1.82) is 0 Å². The molecule has 0 fully saturated rings. The number of halogens is 1. The van der Waals surface area contributed by atoms with E-state index in [0.717, 1.165) is 24.1 Å². The molecule has 2 N–H and O–H groups in total. The molecule has 0 aliphatic carbocycles. The molecule has 0 spiro atoms. The summed E-state index contributed by atoms with van der Waals surface area (Å²) in [6.07, 6.45) is 5.53. The van der Waals surface area contributed by atoms with E-state index in [1.807, 2.05) is 12.3 Å². The summed E-state index contributed by atoms with van der Waals surface area (Å²) in [6.45, 7) is 0. The lowest BCUT2D eigenvalue weighted by molar-refractivity contribution is 0.952. The van der Waals surface area contributed by atoms with Gasteiger partial charge in [-0.25, -0.2) is 0 Å². The van der Waals surface area contributed by atoms with E-state index in [-0.39, 0.29) is 0 Å². The largest absolute Gasteiger partial charge is 0.398 e. The van der Waals surface area contributed by atoms with Crippen LogP contribution in [0.3, 0.4) is 0 Å². The Morgan fingerprint density at radius 1 is 1.06 bits per heavy atom. The number of aromatic nitrogens is 1. The minimum Gasteiger partial charge on any atom is -0.398 e. The summed E-state index contributed by atoms with van der Waals surface area (Å²) in [7, 11) is 0. The van der Waals surface area contributed by atoms with Crippen LogP contribution in [0.15, 0.2) is 42.7 Å². The van der Waals surface area contributed by atoms with Crippen LogP contribution in [0.2, 0.25) is 0 Å². The zero-order valence-corrected chi connectivity index (χ0v) is 11.0. The fraction of sp³-hybridized carbons (Fsp3) is 0.154. The van der Waals surface area contributed by atoms with E-state index in [0.29, 0.717) is 0 Å². The van der Waals surface area contributed by atoms with Gasteiger partial charge in [0.15, 0.2) is 0 Å². The van der Waals surface area contributed by atoms with Crippen LogP contribution in [-0.4, -0.2) is 4.98 Å². The van der Waals surface area contributed by atoms with Crippen molar-refractivity contribution in [1.82, 2.24) is 4.98 Å². The van der Waals surface area contributed by atoms with Crippen molar-refractivity contribution in [2.24, 2.45) is 0 Å².